The maximum Gasteiger partial charge on any atom is 0.387 e. The zero-order valence-electron chi connectivity index (χ0n) is 14.7. The van der Waals surface area contributed by atoms with Crippen molar-refractivity contribution in [3.05, 3.63) is 65.2 Å². The van der Waals surface area contributed by atoms with E-state index in [9.17, 15) is 18.4 Å². The zero-order chi connectivity index (χ0) is 19.1. The van der Waals surface area contributed by atoms with E-state index < -0.39 is 6.61 Å². The minimum absolute atomic E-state index is 0.0611. The first-order valence-corrected chi connectivity index (χ1v) is 8.29. The molecule has 138 valence electrons. The van der Waals surface area contributed by atoms with Crippen molar-refractivity contribution in [1.29, 1.82) is 0 Å². The van der Waals surface area contributed by atoms with Crippen molar-refractivity contribution in [2.45, 2.75) is 39.3 Å². The number of Topliss-reactive ketones (excluding diaryl/α,β-unsaturated/α-hetero) is 1. The highest BCUT2D eigenvalue weighted by molar-refractivity contribution is 5.98. The molecule has 26 heavy (non-hydrogen) atoms. The number of ketones is 1. The van der Waals surface area contributed by atoms with E-state index >= 15 is 0 Å². The largest absolute Gasteiger partial charge is 0.435 e. The summed E-state index contributed by atoms with van der Waals surface area (Å²) < 4.78 is 28.6. The highest BCUT2D eigenvalue weighted by Gasteiger charge is 2.13. The lowest BCUT2D eigenvalue weighted by molar-refractivity contribution is -0.121. The fraction of sp³-hybridized carbons (Fsp3) is 0.300. The van der Waals surface area contributed by atoms with Crippen LogP contribution >= 0.6 is 0 Å². The lowest BCUT2D eigenvalue weighted by Crippen LogP contribution is -2.26. The molecule has 2 aromatic carbocycles. The van der Waals surface area contributed by atoms with Crippen LogP contribution in [0.1, 0.15) is 47.3 Å². The van der Waals surface area contributed by atoms with Crippen molar-refractivity contribution < 1.29 is 23.1 Å². The van der Waals surface area contributed by atoms with Crippen LogP contribution in [0.5, 0.6) is 5.75 Å². The van der Waals surface area contributed by atoms with E-state index in [0.717, 1.165) is 11.1 Å². The smallest absolute Gasteiger partial charge is 0.387 e. The van der Waals surface area contributed by atoms with Crippen molar-refractivity contribution >= 4 is 11.7 Å². The van der Waals surface area contributed by atoms with Crippen molar-refractivity contribution in [1.82, 2.24) is 5.32 Å². The Morgan fingerprint density at radius 1 is 1.00 bits per heavy atom. The minimum Gasteiger partial charge on any atom is -0.435 e. The number of nitrogens with one attached hydrogen (secondary N) is 1. The van der Waals surface area contributed by atoms with E-state index in [0.29, 0.717) is 5.56 Å². The Hall–Kier alpha value is -2.76. The Bertz CT molecular complexity index is 743. The highest BCUT2D eigenvalue weighted by atomic mass is 19.3. The van der Waals surface area contributed by atoms with Gasteiger partial charge in [-0.15, -0.1) is 0 Å². The number of hydrogen-bond acceptors (Lipinski definition) is 3. The van der Waals surface area contributed by atoms with Crippen LogP contribution in [0, 0.1) is 6.92 Å². The number of carbonyl (C=O) groups is 2. The van der Waals surface area contributed by atoms with Gasteiger partial charge in [0.05, 0.1) is 6.04 Å². The van der Waals surface area contributed by atoms with E-state index in [1.807, 2.05) is 19.1 Å². The molecule has 0 saturated carbocycles. The molecule has 0 fully saturated rings. The van der Waals surface area contributed by atoms with Gasteiger partial charge in [0.15, 0.2) is 5.78 Å². The minimum atomic E-state index is -2.87. The molecule has 0 bridgehead atoms. The highest BCUT2D eigenvalue weighted by Crippen LogP contribution is 2.19. The van der Waals surface area contributed by atoms with Gasteiger partial charge < -0.3 is 10.1 Å². The van der Waals surface area contributed by atoms with Crippen LogP contribution in [0.15, 0.2) is 48.5 Å². The standard InChI is InChI=1S/C20H21F2NO3/c1-13-3-5-16(6-4-13)18(24)11-12-19(25)23-14(2)15-7-9-17(10-8-15)26-20(21)22/h3-10,14,20H,11-12H2,1-2H3,(H,23,25). The molecular formula is C20H21F2NO3. The van der Waals surface area contributed by atoms with Crippen LogP contribution in [0.4, 0.5) is 8.78 Å². The topological polar surface area (TPSA) is 55.4 Å². The lowest BCUT2D eigenvalue weighted by Gasteiger charge is -2.15. The summed E-state index contributed by atoms with van der Waals surface area (Å²) in [7, 11) is 0. The van der Waals surface area contributed by atoms with Gasteiger partial charge in [-0.05, 0) is 31.5 Å². The predicted octanol–water partition coefficient (Wildman–Crippen LogP) is 4.44. The summed E-state index contributed by atoms with van der Waals surface area (Å²) in [6.07, 6.45) is 0.215. The van der Waals surface area contributed by atoms with Gasteiger partial charge in [0.2, 0.25) is 5.91 Å². The first kappa shape index (κ1) is 19.6. The maximum absolute atomic E-state index is 12.1. The van der Waals surface area contributed by atoms with Gasteiger partial charge in [-0.25, -0.2) is 0 Å². The summed E-state index contributed by atoms with van der Waals surface area (Å²) >= 11 is 0. The Kier molecular flexibility index (Phi) is 6.83. The van der Waals surface area contributed by atoms with Crippen LogP contribution in [-0.4, -0.2) is 18.3 Å². The molecule has 0 aromatic heterocycles. The molecule has 6 heteroatoms. The lowest BCUT2D eigenvalue weighted by atomic mass is 10.0. The second-order valence-electron chi connectivity index (χ2n) is 6.03. The molecule has 0 spiro atoms. The molecule has 1 amide bonds. The predicted molar refractivity (Wildman–Crippen MR) is 94.4 cm³/mol. The summed E-state index contributed by atoms with van der Waals surface area (Å²) in [6.45, 7) is 0.849. The van der Waals surface area contributed by atoms with Crippen molar-refractivity contribution in [3.8, 4) is 5.75 Å². The Morgan fingerprint density at radius 3 is 2.19 bits per heavy atom. The Balaban J connectivity index is 1.83. The number of hydrogen-bond donors (Lipinski definition) is 1. The molecule has 0 aliphatic heterocycles. The third-order valence-electron chi connectivity index (χ3n) is 3.94. The maximum atomic E-state index is 12.1. The van der Waals surface area contributed by atoms with Gasteiger partial charge in [0.25, 0.3) is 0 Å². The Morgan fingerprint density at radius 2 is 1.62 bits per heavy atom. The van der Waals surface area contributed by atoms with Gasteiger partial charge in [0, 0.05) is 18.4 Å². The molecule has 0 aliphatic carbocycles. The number of rotatable bonds is 8. The van der Waals surface area contributed by atoms with Crippen LogP contribution in [0.25, 0.3) is 0 Å². The van der Waals surface area contributed by atoms with Crippen molar-refractivity contribution in [2.24, 2.45) is 0 Å². The number of alkyl halides is 2. The fourth-order valence-corrected chi connectivity index (χ4v) is 2.45. The van der Waals surface area contributed by atoms with E-state index in [1.54, 1.807) is 31.2 Å². The molecule has 0 radical (unpaired) electrons. The number of ether oxygens (including phenoxy) is 1. The fourth-order valence-electron chi connectivity index (χ4n) is 2.45. The normalized spacial score (nSPS) is 11.9. The second-order valence-corrected chi connectivity index (χ2v) is 6.03. The number of benzene rings is 2. The molecule has 4 nitrogen and oxygen atoms in total. The molecule has 2 rings (SSSR count). The van der Waals surface area contributed by atoms with Gasteiger partial charge in [-0.2, -0.15) is 8.78 Å². The average Bonchev–Trinajstić information content (AvgIpc) is 2.60. The quantitative estimate of drug-likeness (QED) is 0.708. The summed E-state index contributed by atoms with van der Waals surface area (Å²) in [5.41, 5.74) is 2.41. The monoisotopic (exact) mass is 361 g/mol. The number of halogens is 2. The third kappa shape index (κ3) is 5.95. The number of aryl methyl sites for hydroxylation is 1. The molecule has 0 heterocycles. The first-order valence-electron chi connectivity index (χ1n) is 8.29. The van der Waals surface area contributed by atoms with Crippen LogP contribution in [-0.2, 0) is 4.79 Å². The van der Waals surface area contributed by atoms with Gasteiger partial charge >= 0.3 is 6.61 Å². The summed E-state index contributed by atoms with van der Waals surface area (Å²) in [4.78, 5) is 24.1. The second kappa shape index (κ2) is 9.08. The molecule has 2 aromatic rings. The van der Waals surface area contributed by atoms with Crippen LogP contribution in [0.2, 0.25) is 0 Å². The molecule has 1 atom stereocenters. The number of amides is 1. The van der Waals surface area contributed by atoms with E-state index in [4.69, 9.17) is 0 Å². The molecular weight excluding hydrogens is 340 g/mol. The Labute approximate surface area is 151 Å². The molecule has 1 N–H and O–H groups in total. The van der Waals surface area contributed by atoms with Gasteiger partial charge in [-0.3, -0.25) is 9.59 Å². The summed E-state index contributed by atoms with van der Waals surface area (Å²) in [5, 5.41) is 2.79. The first-order chi connectivity index (χ1) is 12.3. The van der Waals surface area contributed by atoms with Gasteiger partial charge in [-0.1, -0.05) is 42.0 Å². The third-order valence-corrected chi connectivity index (χ3v) is 3.94. The zero-order valence-corrected chi connectivity index (χ0v) is 14.7. The summed E-state index contributed by atoms with van der Waals surface area (Å²) in [6, 6.07) is 13.0. The summed E-state index contributed by atoms with van der Waals surface area (Å²) in [5.74, 6) is -0.266. The van der Waals surface area contributed by atoms with Crippen LogP contribution in [0.3, 0.4) is 0 Å². The van der Waals surface area contributed by atoms with Crippen molar-refractivity contribution in [2.75, 3.05) is 0 Å². The van der Waals surface area contributed by atoms with Crippen LogP contribution < -0.4 is 10.1 Å². The molecule has 0 aliphatic rings. The number of carbonyl (C=O) groups excluding carboxylic acids is 2. The average molecular weight is 361 g/mol. The van der Waals surface area contributed by atoms with Gasteiger partial charge in [0.1, 0.15) is 5.75 Å². The van der Waals surface area contributed by atoms with Crippen molar-refractivity contribution in [3.63, 3.8) is 0 Å². The van der Waals surface area contributed by atoms with E-state index in [-0.39, 0.29) is 36.3 Å². The molecule has 0 saturated heterocycles. The molecule has 1 unspecified atom stereocenters. The SMILES string of the molecule is Cc1ccc(C(=O)CCC(=O)NC(C)c2ccc(OC(F)F)cc2)cc1. The van der Waals surface area contributed by atoms with E-state index in [2.05, 4.69) is 10.1 Å². The van der Waals surface area contributed by atoms with E-state index in [1.165, 1.54) is 12.1 Å².